The molecule has 1 aromatic carbocycles. The topological polar surface area (TPSA) is 96.7 Å². The number of hydrogen-bond donors (Lipinski definition) is 2. The first kappa shape index (κ1) is 19.7. The summed E-state index contributed by atoms with van der Waals surface area (Å²) in [6, 6.07) is 9.64. The van der Waals surface area contributed by atoms with Crippen LogP contribution in [0, 0.1) is 0 Å². The van der Waals surface area contributed by atoms with Crippen LogP contribution in [-0.4, -0.2) is 38.1 Å². The van der Waals surface area contributed by atoms with Crippen LogP contribution in [0.25, 0.3) is 22.5 Å². The van der Waals surface area contributed by atoms with Crippen molar-refractivity contribution in [1.82, 2.24) is 25.5 Å². The molecule has 0 spiro atoms. The van der Waals surface area contributed by atoms with Gasteiger partial charge in [0, 0.05) is 23.8 Å². The maximum absolute atomic E-state index is 12.6. The molecular weight excluding hydrogens is 406 g/mol. The molecule has 0 unspecified atom stereocenters. The van der Waals surface area contributed by atoms with E-state index in [1.54, 1.807) is 23.1 Å². The number of aryl methyl sites for hydroxylation is 1. The summed E-state index contributed by atoms with van der Waals surface area (Å²) >= 11 is 3.32. The van der Waals surface area contributed by atoms with Crippen LogP contribution in [0.5, 0.6) is 0 Å². The highest BCUT2D eigenvalue weighted by Gasteiger charge is 2.19. The molecule has 0 radical (unpaired) electrons. The summed E-state index contributed by atoms with van der Waals surface area (Å²) < 4.78 is 5.66. The zero-order valence-corrected chi connectivity index (χ0v) is 17.6. The molecule has 3 heterocycles. The second-order valence-corrected chi connectivity index (χ2v) is 8.32. The van der Waals surface area contributed by atoms with Crippen LogP contribution < -0.4 is 5.32 Å². The molecule has 0 saturated carbocycles. The molecule has 1 amide bonds. The van der Waals surface area contributed by atoms with E-state index in [2.05, 4.69) is 31.7 Å². The van der Waals surface area contributed by atoms with Gasteiger partial charge in [-0.3, -0.25) is 4.79 Å². The fourth-order valence-electron chi connectivity index (χ4n) is 2.99. The highest BCUT2D eigenvalue weighted by atomic mass is 32.2. The highest BCUT2D eigenvalue weighted by molar-refractivity contribution is 7.98. The molecule has 1 atom stereocenters. The van der Waals surface area contributed by atoms with Crippen molar-refractivity contribution in [1.29, 1.82) is 0 Å². The molecule has 29 heavy (non-hydrogen) atoms. The largest absolute Gasteiger partial charge is 0.421 e. The summed E-state index contributed by atoms with van der Waals surface area (Å²) in [7, 11) is 0. The molecule has 4 aromatic rings. The molecule has 0 aliphatic heterocycles. The van der Waals surface area contributed by atoms with Gasteiger partial charge in [-0.2, -0.15) is 23.1 Å². The first-order valence-corrected chi connectivity index (χ1v) is 11.6. The van der Waals surface area contributed by atoms with Crippen LogP contribution in [0.2, 0.25) is 0 Å². The number of para-hydroxylation sites is 2. The molecule has 3 aromatic heterocycles. The lowest BCUT2D eigenvalue weighted by Crippen LogP contribution is -2.30. The minimum Gasteiger partial charge on any atom is -0.421 e. The molecule has 7 nitrogen and oxygen atoms in total. The Kier molecular flexibility index (Phi) is 6.26. The predicted molar refractivity (Wildman–Crippen MR) is 116 cm³/mol. The van der Waals surface area contributed by atoms with Gasteiger partial charge >= 0.3 is 0 Å². The Hall–Kier alpha value is -2.65. The maximum Gasteiger partial charge on any atom is 0.248 e. The zero-order valence-electron chi connectivity index (χ0n) is 15.9. The number of hydrogen-bond acceptors (Lipinski definition) is 7. The van der Waals surface area contributed by atoms with Crippen molar-refractivity contribution in [2.24, 2.45) is 0 Å². The number of benzene rings is 1. The Morgan fingerprint density at radius 1 is 1.31 bits per heavy atom. The molecule has 2 N–H and O–H groups in total. The number of imidazole rings is 1. The van der Waals surface area contributed by atoms with Gasteiger partial charge in [-0.1, -0.05) is 12.1 Å². The maximum atomic E-state index is 12.6. The third-order valence-electron chi connectivity index (χ3n) is 4.48. The smallest absolute Gasteiger partial charge is 0.248 e. The van der Waals surface area contributed by atoms with Crippen molar-refractivity contribution >= 4 is 40.0 Å². The first-order valence-electron chi connectivity index (χ1n) is 9.31. The van der Waals surface area contributed by atoms with Crippen LogP contribution in [0.3, 0.4) is 0 Å². The number of nitrogens with one attached hydrogen (secondary N) is 2. The molecule has 0 saturated heterocycles. The summed E-state index contributed by atoms with van der Waals surface area (Å²) in [5.74, 6) is 2.60. The van der Waals surface area contributed by atoms with E-state index in [1.807, 2.05) is 41.1 Å². The molecule has 0 fully saturated rings. The standard InChI is InChI=1S/C20H21N5O2S2/c1-28-10-9-16(19-22-14-4-2-3-5-15(14)23-19)21-17(26)6-7-18-24-25-20(27-18)13-8-11-29-12-13/h2-5,8,11-12,16H,6-7,9-10H2,1H3,(H,21,26)(H,22,23)/t16-/m1/s1. The Morgan fingerprint density at radius 2 is 2.21 bits per heavy atom. The third kappa shape index (κ3) is 4.86. The number of carbonyl (C=O) groups is 1. The Bertz CT molecular complexity index is 1040. The van der Waals surface area contributed by atoms with Gasteiger partial charge < -0.3 is 14.7 Å². The van der Waals surface area contributed by atoms with E-state index >= 15 is 0 Å². The molecule has 0 aliphatic carbocycles. The van der Waals surface area contributed by atoms with Crippen molar-refractivity contribution in [3.63, 3.8) is 0 Å². The number of nitrogens with zero attached hydrogens (tertiary/aromatic N) is 3. The van der Waals surface area contributed by atoms with Crippen molar-refractivity contribution < 1.29 is 9.21 Å². The first-order chi connectivity index (χ1) is 14.2. The van der Waals surface area contributed by atoms with E-state index in [9.17, 15) is 4.79 Å². The Labute approximate surface area is 176 Å². The SMILES string of the molecule is CSCC[C@@H](NC(=O)CCc1nnc(-c2ccsc2)o1)c1nc2ccccc2[nH]1. The van der Waals surface area contributed by atoms with Crippen molar-refractivity contribution in [2.75, 3.05) is 12.0 Å². The molecule has 0 bridgehead atoms. The Morgan fingerprint density at radius 3 is 3.00 bits per heavy atom. The quantitative estimate of drug-likeness (QED) is 0.415. The van der Waals surface area contributed by atoms with Gasteiger partial charge in [-0.05, 0) is 42.0 Å². The van der Waals surface area contributed by atoms with Gasteiger partial charge in [0.05, 0.1) is 17.1 Å². The van der Waals surface area contributed by atoms with Gasteiger partial charge in [0.15, 0.2) is 0 Å². The van der Waals surface area contributed by atoms with Crippen molar-refractivity contribution in [2.45, 2.75) is 25.3 Å². The number of amides is 1. The summed E-state index contributed by atoms with van der Waals surface area (Å²) in [5, 5.41) is 15.1. The lowest BCUT2D eigenvalue weighted by molar-refractivity contribution is -0.122. The van der Waals surface area contributed by atoms with Gasteiger partial charge in [0.25, 0.3) is 0 Å². The van der Waals surface area contributed by atoms with Crippen molar-refractivity contribution in [3.05, 3.63) is 52.8 Å². The highest BCUT2D eigenvalue weighted by Crippen LogP contribution is 2.22. The summed E-state index contributed by atoms with van der Waals surface area (Å²) in [5.41, 5.74) is 2.77. The number of aromatic nitrogens is 4. The molecule has 0 aliphatic rings. The lowest BCUT2D eigenvalue weighted by atomic mass is 10.2. The van der Waals surface area contributed by atoms with E-state index in [0.29, 0.717) is 18.2 Å². The van der Waals surface area contributed by atoms with Crippen molar-refractivity contribution in [3.8, 4) is 11.5 Å². The van der Waals surface area contributed by atoms with Gasteiger partial charge in [-0.15, -0.1) is 10.2 Å². The fraction of sp³-hybridized carbons (Fsp3) is 0.300. The van der Waals surface area contributed by atoms with E-state index in [4.69, 9.17) is 4.42 Å². The number of aromatic amines is 1. The fourth-order valence-corrected chi connectivity index (χ4v) is 4.10. The van der Waals surface area contributed by atoms with Gasteiger partial charge in [-0.25, -0.2) is 4.98 Å². The molecule has 150 valence electrons. The number of H-pyrrole nitrogens is 1. The van der Waals surface area contributed by atoms with Gasteiger partial charge in [0.2, 0.25) is 17.7 Å². The average Bonchev–Trinajstić information content (AvgIpc) is 3.48. The molecule has 4 rings (SSSR count). The van der Waals surface area contributed by atoms with Crippen LogP contribution in [0.1, 0.15) is 30.6 Å². The average molecular weight is 428 g/mol. The molecule has 9 heteroatoms. The minimum atomic E-state index is -0.161. The number of thioether (sulfide) groups is 1. The van der Waals surface area contributed by atoms with Crippen LogP contribution in [0.15, 0.2) is 45.5 Å². The van der Waals surface area contributed by atoms with Crippen LogP contribution in [0.4, 0.5) is 0 Å². The normalized spacial score (nSPS) is 12.3. The second-order valence-electron chi connectivity index (χ2n) is 6.55. The summed E-state index contributed by atoms with van der Waals surface area (Å²) in [6.07, 6.45) is 3.54. The Balaban J connectivity index is 1.39. The summed E-state index contributed by atoms with van der Waals surface area (Å²) in [6.45, 7) is 0. The van der Waals surface area contributed by atoms with Crippen LogP contribution >= 0.6 is 23.1 Å². The zero-order chi connectivity index (χ0) is 20.1. The monoisotopic (exact) mass is 427 g/mol. The second kappa shape index (κ2) is 9.23. The van der Waals surface area contributed by atoms with E-state index in [1.165, 1.54) is 0 Å². The minimum absolute atomic E-state index is 0.0631. The number of carbonyl (C=O) groups excluding carboxylic acids is 1. The number of thiophene rings is 1. The lowest BCUT2D eigenvalue weighted by Gasteiger charge is -2.16. The van der Waals surface area contributed by atoms with Crippen LogP contribution in [-0.2, 0) is 11.2 Å². The van der Waals surface area contributed by atoms with E-state index in [-0.39, 0.29) is 18.4 Å². The predicted octanol–water partition coefficient (Wildman–Crippen LogP) is 4.22. The van der Waals surface area contributed by atoms with E-state index in [0.717, 1.165) is 34.6 Å². The number of fused-ring (bicyclic) bond motifs is 1. The van der Waals surface area contributed by atoms with E-state index < -0.39 is 0 Å². The molecular formula is C20H21N5O2S2. The number of rotatable bonds is 9. The third-order valence-corrected chi connectivity index (χ3v) is 5.81. The van der Waals surface area contributed by atoms with Gasteiger partial charge in [0.1, 0.15) is 5.82 Å². The summed E-state index contributed by atoms with van der Waals surface area (Å²) in [4.78, 5) is 20.5.